The maximum atomic E-state index is 13.8. The maximum absolute atomic E-state index is 13.8. The lowest BCUT2D eigenvalue weighted by Gasteiger charge is -2.09. The second-order valence-corrected chi connectivity index (χ2v) is 5.75. The molecule has 1 aromatic heterocycles. The topological polar surface area (TPSA) is 96.0 Å². The monoisotopic (exact) mass is 383 g/mol. The van der Waals surface area contributed by atoms with Crippen molar-refractivity contribution < 1.29 is 18.4 Å². The summed E-state index contributed by atoms with van der Waals surface area (Å²) in [6, 6.07) is 11.0. The molecule has 0 atom stereocenters. The number of benzene rings is 2. The SMILES string of the molecule is CC(=O)Nc1cccc(NC(=O)c2cc(Nc3ccc(F)cc3F)ncn2)c1. The van der Waals surface area contributed by atoms with Gasteiger partial charge < -0.3 is 16.0 Å². The first kappa shape index (κ1) is 18.9. The van der Waals surface area contributed by atoms with Crippen LogP contribution in [0.25, 0.3) is 0 Å². The highest BCUT2D eigenvalue weighted by Gasteiger charge is 2.11. The summed E-state index contributed by atoms with van der Waals surface area (Å²) in [5.41, 5.74) is 1.02. The van der Waals surface area contributed by atoms with E-state index < -0.39 is 17.5 Å². The predicted octanol–water partition coefficient (Wildman–Crippen LogP) is 3.71. The minimum atomic E-state index is -0.792. The van der Waals surface area contributed by atoms with E-state index in [-0.39, 0.29) is 23.1 Å². The van der Waals surface area contributed by atoms with E-state index in [0.29, 0.717) is 11.4 Å². The number of hydrogen-bond donors (Lipinski definition) is 3. The van der Waals surface area contributed by atoms with E-state index in [1.807, 2.05) is 0 Å². The average Bonchev–Trinajstić information content (AvgIpc) is 2.64. The lowest BCUT2D eigenvalue weighted by molar-refractivity contribution is -0.114. The molecular weight excluding hydrogens is 368 g/mol. The van der Waals surface area contributed by atoms with Gasteiger partial charge in [0.25, 0.3) is 5.91 Å². The third kappa shape index (κ3) is 4.85. The van der Waals surface area contributed by atoms with Crippen LogP contribution in [0.4, 0.5) is 31.7 Å². The number of nitrogens with zero attached hydrogens (tertiary/aromatic N) is 2. The highest BCUT2D eigenvalue weighted by molar-refractivity contribution is 6.03. The van der Waals surface area contributed by atoms with Crippen molar-refractivity contribution in [3.05, 3.63) is 72.2 Å². The van der Waals surface area contributed by atoms with Crippen LogP contribution in [-0.4, -0.2) is 21.8 Å². The van der Waals surface area contributed by atoms with E-state index >= 15 is 0 Å². The van der Waals surface area contributed by atoms with Gasteiger partial charge in [-0.1, -0.05) is 6.07 Å². The number of carbonyl (C=O) groups excluding carboxylic acids is 2. The fourth-order valence-electron chi connectivity index (χ4n) is 2.35. The highest BCUT2D eigenvalue weighted by atomic mass is 19.1. The Bertz CT molecular complexity index is 1040. The zero-order chi connectivity index (χ0) is 20.1. The Hall–Kier alpha value is -3.88. The molecule has 142 valence electrons. The van der Waals surface area contributed by atoms with Gasteiger partial charge in [0.2, 0.25) is 5.91 Å². The van der Waals surface area contributed by atoms with E-state index in [1.165, 1.54) is 19.1 Å². The second-order valence-electron chi connectivity index (χ2n) is 5.75. The van der Waals surface area contributed by atoms with Crippen molar-refractivity contribution in [1.29, 1.82) is 0 Å². The fourth-order valence-corrected chi connectivity index (χ4v) is 2.35. The van der Waals surface area contributed by atoms with E-state index in [0.717, 1.165) is 18.5 Å². The van der Waals surface area contributed by atoms with Crippen molar-refractivity contribution in [1.82, 2.24) is 9.97 Å². The predicted molar refractivity (Wildman–Crippen MR) is 100 cm³/mol. The Morgan fingerprint density at radius 3 is 2.39 bits per heavy atom. The van der Waals surface area contributed by atoms with Gasteiger partial charge in [0.1, 0.15) is 29.5 Å². The largest absolute Gasteiger partial charge is 0.338 e. The summed E-state index contributed by atoms with van der Waals surface area (Å²) in [5, 5.41) is 7.93. The molecule has 0 saturated carbocycles. The number of anilines is 4. The molecule has 0 unspecified atom stereocenters. The Morgan fingerprint density at radius 1 is 0.929 bits per heavy atom. The van der Waals surface area contributed by atoms with Gasteiger partial charge in [-0.15, -0.1) is 0 Å². The Kier molecular flexibility index (Phi) is 5.54. The van der Waals surface area contributed by atoms with Crippen LogP contribution in [0.3, 0.4) is 0 Å². The summed E-state index contributed by atoms with van der Waals surface area (Å²) < 4.78 is 26.7. The molecule has 9 heteroatoms. The van der Waals surface area contributed by atoms with Crippen molar-refractivity contribution in [2.24, 2.45) is 0 Å². The number of hydrogen-bond acceptors (Lipinski definition) is 5. The summed E-state index contributed by atoms with van der Waals surface area (Å²) in [6.07, 6.45) is 1.15. The first-order valence-electron chi connectivity index (χ1n) is 8.14. The fraction of sp³-hybridized carbons (Fsp3) is 0.0526. The van der Waals surface area contributed by atoms with Crippen molar-refractivity contribution in [2.45, 2.75) is 6.92 Å². The molecule has 1 heterocycles. The minimum absolute atomic E-state index is 0.00877. The standard InChI is InChI=1S/C19H15F2N5O2/c1-11(27)24-13-3-2-4-14(8-13)25-19(28)17-9-18(23-10-22-17)26-16-6-5-12(20)7-15(16)21/h2-10H,1H3,(H,24,27)(H,25,28)(H,22,23,26). The van der Waals surface area contributed by atoms with E-state index in [2.05, 4.69) is 25.9 Å². The van der Waals surface area contributed by atoms with Crippen LogP contribution in [0.1, 0.15) is 17.4 Å². The lowest BCUT2D eigenvalue weighted by Crippen LogP contribution is -2.15. The van der Waals surface area contributed by atoms with Crippen molar-refractivity contribution in [3.8, 4) is 0 Å². The molecule has 0 radical (unpaired) electrons. The van der Waals surface area contributed by atoms with Crippen LogP contribution in [0.15, 0.2) is 54.9 Å². The molecule has 0 fully saturated rings. The average molecular weight is 383 g/mol. The Balaban J connectivity index is 1.74. The molecule has 3 rings (SSSR count). The summed E-state index contributed by atoms with van der Waals surface area (Å²) >= 11 is 0. The molecule has 0 bridgehead atoms. The molecule has 0 saturated heterocycles. The number of amides is 2. The van der Waals surface area contributed by atoms with Crippen LogP contribution >= 0.6 is 0 Å². The van der Waals surface area contributed by atoms with Crippen molar-refractivity contribution >= 4 is 34.7 Å². The normalized spacial score (nSPS) is 10.2. The third-order valence-electron chi connectivity index (χ3n) is 3.53. The summed E-state index contributed by atoms with van der Waals surface area (Å²) in [7, 11) is 0. The minimum Gasteiger partial charge on any atom is -0.338 e. The van der Waals surface area contributed by atoms with Crippen molar-refractivity contribution in [2.75, 3.05) is 16.0 Å². The molecule has 7 nitrogen and oxygen atoms in total. The first-order chi connectivity index (χ1) is 13.4. The van der Waals surface area contributed by atoms with Crippen LogP contribution < -0.4 is 16.0 Å². The van der Waals surface area contributed by atoms with Gasteiger partial charge in [-0.05, 0) is 30.3 Å². The van der Waals surface area contributed by atoms with Gasteiger partial charge >= 0.3 is 0 Å². The molecule has 0 aliphatic heterocycles. The van der Waals surface area contributed by atoms with E-state index in [1.54, 1.807) is 24.3 Å². The molecule has 2 aromatic carbocycles. The second kappa shape index (κ2) is 8.21. The number of rotatable bonds is 5. The number of nitrogens with one attached hydrogen (secondary N) is 3. The quantitative estimate of drug-likeness (QED) is 0.624. The molecule has 3 aromatic rings. The smallest absolute Gasteiger partial charge is 0.274 e. The highest BCUT2D eigenvalue weighted by Crippen LogP contribution is 2.20. The summed E-state index contributed by atoms with van der Waals surface area (Å²) in [4.78, 5) is 31.4. The molecule has 28 heavy (non-hydrogen) atoms. The number of carbonyl (C=O) groups is 2. The molecule has 0 aliphatic rings. The van der Waals surface area contributed by atoms with Crippen LogP contribution in [0.2, 0.25) is 0 Å². The van der Waals surface area contributed by atoms with Gasteiger partial charge in [-0.3, -0.25) is 9.59 Å². The Labute approximate surface area is 158 Å². The van der Waals surface area contributed by atoms with Gasteiger partial charge in [0, 0.05) is 30.4 Å². The van der Waals surface area contributed by atoms with Crippen LogP contribution in [0.5, 0.6) is 0 Å². The van der Waals surface area contributed by atoms with Crippen LogP contribution in [0, 0.1) is 11.6 Å². The Morgan fingerprint density at radius 2 is 1.68 bits per heavy atom. The number of halogens is 2. The summed E-state index contributed by atoms with van der Waals surface area (Å²) in [6.45, 7) is 1.38. The van der Waals surface area contributed by atoms with Gasteiger partial charge in [0.15, 0.2) is 0 Å². The van der Waals surface area contributed by atoms with Crippen molar-refractivity contribution in [3.63, 3.8) is 0 Å². The van der Waals surface area contributed by atoms with Gasteiger partial charge in [-0.25, -0.2) is 18.7 Å². The molecule has 3 N–H and O–H groups in total. The third-order valence-corrected chi connectivity index (χ3v) is 3.53. The van der Waals surface area contributed by atoms with Gasteiger partial charge in [0.05, 0.1) is 5.69 Å². The van der Waals surface area contributed by atoms with Gasteiger partial charge in [-0.2, -0.15) is 0 Å². The van der Waals surface area contributed by atoms with E-state index in [9.17, 15) is 18.4 Å². The first-order valence-corrected chi connectivity index (χ1v) is 8.14. The molecule has 0 spiro atoms. The molecule has 0 aliphatic carbocycles. The summed E-state index contributed by atoms with van der Waals surface area (Å²) in [5.74, 6) is -2.09. The van der Waals surface area contributed by atoms with E-state index in [4.69, 9.17) is 0 Å². The maximum Gasteiger partial charge on any atom is 0.274 e. The molecular formula is C19H15F2N5O2. The lowest BCUT2D eigenvalue weighted by atomic mass is 10.2. The zero-order valence-corrected chi connectivity index (χ0v) is 14.7. The molecule has 2 amide bonds. The zero-order valence-electron chi connectivity index (χ0n) is 14.7. The number of aromatic nitrogens is 2. The van der Waals surface area contributed by atoms with Crippen LogP contribution in [-0.2, 0) is 4.79 Å².